The van der Waals surface area contributed by atoms with Crippen LogP contribution in [-0.4, -0.2) is 71.9 Å². The van der Waals surface area contributed by atoms with Gasteiger partial charge in [0.05, 0.1) is 90.3 Å². The van der Waals surface area contributed by atoms with Crippen LogP contribution in [0.1, 0.15) is 75.3 Å². The summed E-state index contributed by atoms with van der Waals surface area (Å²) in [4.78, 5) is 12.0. The largest absolute Gasteiger partial charge is 0.508 e. The molecule has 97 heavy (non-hydrogen) atoms. The van der Waals surface area contributed by atoms with Gasteiger partial charge in [0.25, 0.3) is 0 Å². The number of aromatic nitrogens is 7. The van der Waals surface area contributed by atoms with Gasteiger partial charge >= 0.3 is 0 Å². The minimum absolute atomic E-state index is 0.190. The summed E-state index contributed by atoms with van der Waals surface area (Å²) < 4.78 is 24.8. The van der Waals surface area contributed by atoms with Crippen LogP contribution in [0, 0.1) is 64.2 Å². The van der Waals surface area contributed by atoms with Crippen molar-refractivity contribution in [3.63, 3.8) is 0 Å². The third-order valence-electron chi connectivity index (χ3n) is 16.3. The van der Waals surface area contributed by atoms with Crippen molar-refractivity contribution in [2.45, 2.75) is 55.4 Å². The standard InChI is InChI=1S/C20H17N3O3.C20H15N3O2.C20H16N2O3.C15H9BrN2O.C2H6/c1-12-19(13(2)26-22-12)20-17(11-21-25)16-5-3-4-6-18(16)23(20)14-7-9-15(24)10-8-14;1-12-19(13(2)25-22-12)20-17(11-21)16-5-3-4-6-18(16)23(20)14-7-9-15(24)10-8-14;1-12-19(13(2)25-21-12)20-17(11-23)16-5-3-4-6-18(16)22(20)14-7-9-15(24)10-8-14;16-15-13(9-17)12-3-1-2-4-14(12)18(15)10-5-7-11(19)8-6-10;1-2/h3-11,24-25H,1-2H3;3-10,24H,1-2H3;3-11,24H,1-2H3;1-8,19H;1-2H3. The number of aldehydes is 1. The number of para-hydroxylation sites is 4. The number of halogens is 1. The summed E-state index contributed by atoms with van der Waals surface area (Å²) in [5, 5.41) is 85.7. The van der Waals surface area contributed by atoms with E-state index in [4.69, 9.17) is 13.6 Å². The first-order valence-electron chi connectivity index (χ1n) is 30.7. The van der Waals surface area contributed by atoms with Crippen LogP contribution in [0.4, 0.5) is 0 Å². The van der Waals surface area contributed by atoms with Gasteiger partial charge in [-0.25, -0.2) is 0 Å². The third-order valence-corrected chi connectivity index (χ3v) is 17.0. The minimum atomic E-state index is 0.190. The number of phenolic OH excluding ortho intramolecular Hbond substituents is 4. The van der Waals surface area contributed by atoms with Gasteiger partial charge in [0, 0.05) is 55.4 Å². The van der Waals surface area contributed by atoms with Crippen LogP contribution in [-0.2, 0) is 0 Å². The van der Waals surface area contributed by atoms with Crippen molar-refractivity contribution in [1.82, 2.24) is 33.7 Å². The van der Waals surface area contributed by atoms with E-state index in [9.17, 15) is 41.0 Å². The predicted molar refractivity (Wildman–Crippen MR) is 378 cm³/mol. The zero-order valence-corrected chi connectivity index (χ0v) is 55.4. The number of phenols is 4. The number of oxime groups is 1. The van der Waals surface area contributed by atoms with Crippen LogP contribution in [0.15, 0.2) is 217 Å². The van der Waals surface area contributed by atoms with Crippen LogP contribution in [0.2, 0.25) is 0 Å². The van der Waals surface area contributed by atoms with Crippen molar-refractivity contribution in [2.24, 2.45) is 5.16 Å². The first kappa shape index (κ1) is 65.8. The Morgan fingerprint density at radius 1 is 0.412 bits per heavy atom. The van der Waals surface area contributed by atoms with Gasteiger partial charge in [-0.15, -0.1) is 0 Å². The highest BCUT2D eigenvalue weighted by Gasteiger charge is 2.28. The molecule has 0 atom stereocenters. The molecule has 7 heterocycles. The molecule has 7 aromatic heterocycles. The lowest BCUT2D eigenvalue weighted by Gasteiger charge is -2.12. The molecule has 482 valence electrons. The van der Waals surface area contributed by atoms with E-state index >= 15 is 0 Å². The molecule has 0 saturated heterocycles. The number of hydrogen-bond donors (Lipinski definition) is 5. The number of nitriles is 2. The number of rotatable bonds is 9. The van der Waals surface area contributed by atoms with Crippen LogP contribution < -0.4 is 0 Å². The molecular weight excluding hydrogens is 1290 g/mol. The second kappa shape index (κ2) is 28.3. The van der Waals surface area contributed by atoms with Crippen LogP contribution in [0.5, 0.6) is 23.0 Å². The average Bonchev–Trinajstić information content (AvgIpc) is 1.61. The molecule has 0 aliphatic heterocycles. The number of fused-ring (bicyclic) bond motifs is 4. The number of carbonyl (C=O) groups is 1. The fourth-order valence-corrected chi connectivity index (χ4v) is 12.9. The normalized spacial score (nSPS) is 10.9. The van der Waals surface area contributed by atoms with E-state index < -0.39 is 0 Å². The molecule has 5 N–H and O–H groups in total. The minimum Gasteiger partial charge on any atom is -0.508 e. The quantitative estimate of drug-likeness (QED) is 0.0389. The first-order valence-corrected chi connectivity index (χ1v) is 31.5. The summed E-state index contributed by atoms with van der Waals surface area (Å²) in [6.07, 6.45) is 2.31. The Labute approximate surface area is 564 Å². The average molecular weight is 1350 g/mol. The maximum Gasteiger partial charge on any atom is 0.152 e. The van der Waals surface area contributed by atoms with Gasteiger partial charge in [-0.05, 0) is 179 Å². The van der Waals surface area contributed by atoms with Gasteiger partial charge in [-0.3, -0.25) is 4.79 Å². The predicted octanol–water partition coefficient (Wildman–Crippen LogP) is 18.3. The van der Waals surface area contributed by atoms with Crippen molar-refractivity contribution in [3.05, 3.63) is 255 Å². The Hall–Kier alpha value is -12.7. The highest BCUT2D eigenvalue weighted by Crippen LogP contribution is 2.43. The van der Waals surface area contributed by atoms with Crippen LogP contribution in [0.3, 0.4) is 0 Å². The van der Waals surface area contributed by atoms with Crippen LogP contribution in [0.25, 0.3) is 100 Å². The smallest absolute Gasteiger partial charge is 0.152 e. The molecule has 19 nitrogen and oxygen atoms in total. The zero-order valence-electron chi connectivity index (χ0n) is 53.8. The molecule has 8 aromatic carbocycles. The van der Waals surface area contributed by atoms with Gasteiger partial charge in [0.1, 0.15) is 57.0 Å². The van der Waals surface area contributed by atoms with E-state index in [0.29, 0.717) is 34.0 Å². The van der Waals surface area contributed by atoms with Crippen molar-refractivity contribution >= 4 is 72.0 Å². The Bertz CT molecular complexity index is 5440. The monoisotopic (exact) mass is 1350 g/mol. The summed E-state index contributed by atoms with van der Waals surface area (Å²) in [5.41, 5.74) is 16.8. The van der Waals surface area contributed by atoms with Crippen molar-refractivity contribution < 1.29 is 44.0 Å². The Balaban J connectivity index is 0.000000131. The third kappa shape index (κ3) is 12.3. The van der Waals surface area contributed by atoms with E-state index in [1.165, 1.54) is 6.21 Å². The lowest BCUT2D eigenvalue weighted by atomic mass is 10.0. The number of aryl methyl sites for hydroxylation is 6. The fraction of sp³-hybridized carbons (Fsp3) is 0.104. The highest BCUT2D eigenvalue weighted by atomic mass is 79.9. The van der Waals surface area contributed by atoms with Gasteiger partial charge in [0.2, 0.25) is 0 Å². The summed E-state index contributed by atoms with van der Waals surface area (Å²) in [6.45, 7) is 15.1. The van der Waals surface area contributed by atoms with Gasteiger partial charge in [0.15, 0.2) is 6.29 Å². The summed E-state index contributed by atoms with van der Waals surface area (Å²) in [6, 6.07) is 63.3. The number of hydrogen-bond acceptors (Lipinski definition) is 15. The Kier molecular flexibility index (Phi) is 19.2. The maximum absolute atomic E-state index is 12.0. The second-order valence-electron chi connectivity index (χ2n) is 22.1. The Morgan fingerprint density at radius 3 is 1.04 bits per heavy atom. The molecule has 0 radical (unpaired) electrons. The van der Waals surface area contributed by atoms with Crippen molar-refractivity contribution in [2.75, 3.05) is 0 Å². The lowest BCUT2D eigenvalue weighted by molar-refractivity contribution is 0.112. The molecule has 15 aromatic rings. The van der Waals surface area contributed by atoms with Crippen molar-refractivity contribution in [3.8, 4) is 91.7 Å². The molecule has 0 unspecified atom stereocenters. The Morgan fingerprint density at radius 2 is 0.701 bits per heavy atom. The van der Waals surface area contributed by atoms with Gasteiger partial charge < -0.3 is 57.5 Å². The van der Waals surface area contributed by atoms with E-state index in [0.717, 1.165) is 134 Å². The van der Waals surface area contributed by atoms with E-state index in [1.807, 2.05) is 215 Å². The molecule has 0 spiro atoms. The first-order chi connectivity index (χ1) is 47.1. The van der Waals surface area contributed by atoms with E-state index in [2.05, 4.69) is 53.3 Å². The molecule has 0 saturated carbocycles. The molecule has 0 fully saturated rings. The van der Waals surface area contributed by atoms with E-state index in [-0.39, 0.29) is 23.0 Å². The molecule has 20 heteroatoms. The van der Waals surface area contributed by atoms with Crippen LogP contribution >= 0.6 is 15.9 Å². The van der Waals surface area contributed by atoms with E-state index in [1.54, 1.807) is 48.5 Å². The van der Waals surface area contributed by atoms with Crippen molar-refractivity contribution in [1.29, 1.82) is 10.5 Å². The highest BCUT2D eigenvalue weighted by molar-refractivity contribution is 9.10. The zero-order chi connectivity index (χ0) is 68.8. The second-order valence-corrected chi connectivity index (χ2v) is 22.8. The maximum atomic E-state index is 12.0. The SMILES string of the molecule is CC.Cc1noc(C)c1-c1c(C#N)c2ccccc2n1-c1ccc(O)cc1.Cc1noc(C)c1-c1c(C=NO)c2ccccc2n1-c1ccc(O)cc1.Cc1noc(C)c1-c1c(C=O)c2ccccc2n1-c1ccc(O)cc1.N#Cc1c(Br)n(-c2ccc(O)cc2)c2ccccc12. The molecule has 0 aliphatic rings. The molecule has 0 amide bonds. The number of benzene rings is 8. The molecular formula is C77H63BrN10O9. The summed E-state index contributed by atoms with van der Waals surface area (Å²) in [7, 11) is 0. The number of aromatic hydroxyl groups is 4. The molecule has 0 aliphatic carbocycles. The number of carbonyl (C=O) groups excluding carboxylic acids is 1. The molecule has 15 rings (SSSR count). The fourth-order valence-electron chi connectivity index (χ4n) is 12.2. The molecule has 0 bridgehead atoms. The van der Waals surface area contributed by atoms with Gasteiger partial charge in [-0.1, -0.05) is 107 Å². The lowest BCUT2D eigenvalue weighted by Crippen LogP contribution is -1.99. The summed E-state index contributed by atoms with van der Waals surface area (Å²) >= 11 is 3.49. The van der Waals surface area contributed by atoms with Gasteiger partial charge in [-0.2, -0.15) is 10.5 Å². The number of nitrogens with zero attached hydrogens (tertiary/aromatic N) is 10. The topological polar surface area (TPSA) is 276 Å². The summed E-state index contributed by atoms with van der Waals surface area (Å²) in [5.74, 6) is 2.80.